The van der Waals surface area contributed by atoms with Gasteiger partial charge in [-0.3, -0.25) is 9.69 Å². The monoisotopic (exact) mass is 521 g/mol. The molecule has 1 aromatic heterocycles. The molecule has 0 radical (unpaired) electrons. The van der Waals surface area contributed by atoms with Gasteiger partial charge in [0.2, 0.25) is 5.95 Å². The summed E-state index contributed by atoms with van der Waals surface area (Å²) < 4.78 is 0. The van der Waals surface area contributed by atoms with Gasteiger partial charge in [-0.05, 0) is 35.4 Å². The van der Waals surface area contributed by atoms with Crippen LogP contribution in [0.4, 0.5) is 17.3 Å². The number of carbonyl (C=O) groups excluding carboxylic acids is 1. The maximum absolute atomic E-state index is 13.1. The first-order valence-electron chi connectivity index (χ1n) is 10.2. The van der Waals surface area contributed by atoms with E-state index < -0.39 is 0 Å². The van der Waals surface area contributed by atoms with E-state index in [-0.39, 0.29) is 23.7 Å². The molecule has 10 heteroatoms. The highest BCUT2D eigenvalue weighted by Crippen LogP contribution is 2.39. The lowest BCUT2D eigenvalue weighted by molar-refractivity contribution is 0.0985. The highest BCUT2D eigenvalue weighted by atomic mass is 35.5. The molecule has 33 heavy (non-hydrogen) atoms. The summed E-state index contributed by atoms with van der Waals surface area (Å²) in [5.74, 6) is 0.601. The minimum atomic E-state index is -0.220. The Bertz CT molecular complexity index is 1220. The number of carbonyl (C=O) groups is 1. The summed E-state index contributed by atoms with van der Waals surface area (Å²) in [7, 11) is 0. The number of amides is 1. The van der Waals surface area contributed by atoms with Crippen LogP contribution < -0.4 is 15.5 Å². The first kappa shape index (κ1) is 24.1. The van der Waals surface area contributed by atoms with E-state index in [0.717, 1.165) is 18.8 Å². The summed E-state index contributed by atoms with van der Waals surface area (Å²) in [5, 5.41) is 8.24. The van der Waals surface area contributed by atoms with Crippen LogP contribution in [0.15, 0.2) is 47.6 Å². The molecule has 2 N–H and O–H groups in total. The highest BCUT2D eigenvalue weighted by Gasteiger charge is 2.31. The van der Waals surface area contributed by atoms with Crippen molar-refractivity contribution >= 4 is 70.6 Å². The Balaban J connectivity index is 0.00000259. The molecule has 0 aliphatic carbocycles. The Morgan fingerprint density at radius 2 is 1.94 bits per heavy atom. The number of benzene rings is 2. The lowest BCUT2D eigenvalue weighted by atomic mass is 9.79. The lowest BCUT2D eigenvalue weighted by Gasteiger charge is -2.33. The van der Waals surface area contributed by atoms with Crippen molar-refractivity contribution in [3.63, 3.8) is 0 Å². The first-order valence-corrected chi connectivity index (χ1v) is 11.9. The molecule has 0 unspecified atom stereocenters. The minimum Gasteiger partial charge on any atom is -0.324 e. The van der Waals surface area contributed by atoms with Crippen molar-refractivity contribution in [2.75, 3.05) is 22.6 Å². The zero-order chi connectivity index (χ0) is 22.5. The Morgan fingerprint density at radius 3 is 2.70 bits per heavy atom. The fourth-order valence-electron chi connectivity index (χ4n) is 4.14. The number of halogens is 3. The number of hydrogen-bond acceptors (Lipinski definition) is 6. The smallest absolute Gasteiger partial charge is 0.263 e. The third-order valence-electron chi connectivity index (χ3n) is 5.74. The van der Waals surface area contributed by atoms with Crippen molar-refractivity contribution in [1.29, 1.82) is 0 Å². The number of nitrogens with zero attached hydrogens (tertiary/aromatic N) is 3. The third-order valence-corrected chi connectivity index (χ3v) is 7.32. The SMILES string of the molecule is CC1(C)CNCc2cc(Nc3ncc4c(n3)SCN(c3c(Cl)cccc3Cl)C4=O)ccc21.Cl. The molecular formula is C23H22Cl3N5OS. The van der Waals surface area contributed by atoms with Gasteiger partial charge in [-0.2, -0.15) is 0 Å². The van der Waals surface area contributed by atoms with E-state index in [1.807, 2.05) is 6.07 Å². The number of anilines is 3. The molecule has 5 rings (SSSR count). The van der Waals surface area contributed by atoms with E-state index in [2.05, 4.69) is 46.6 Å². The van der Waals surface area contributed by atoms with Gasteiger partial charge in [0.25, 0.3) is 5.91 Å². The average molecular weight is 523 g/mol. The molecule has 0 bridgehead atoms. The molecule has 0 atom stereocenters. The molecule has 172 valence electrons. The van der Waals surface area contributed by atoms with Crippen LogP contribution in [0.25, 0.3) is 0 Å². The van der Waals surface area contributed by atoms with Crippen molar-refractivity contribution in [3.05, 3.63) is 69.3 Å². The number of para-hydroxylation sites is 1. The second-order valence-electron chi connectivity index (χ2n) is 8.47. The van der Waals surface area contributed by atoms with Gasteiger partial charge in [0.1, 0.15) is 5.03 Å². The third kappa shape index (κ3) is 4.53. The number of thioether (sulfide) groups is 1. The number of aromatic nitrogens is 2. The number of hydrogen-bond donors (Lipinski definition) is 2. The molecule has 1 amide bonds. The van der Waals surface area contributed by atoms with Crippen molar-refractivity contribution in [1.82, 2.24) is 15.3 Å². The van der Waals surface area contributed by atoms with Gasteiger partial charge < -0.3 is 10.6 Å². The molecule has 0 fully saturated rings. The summed E-state index contributed by atoms with van der Waals surface area (Å²) in [6, 6.07) is 11.5. The summed E-state index contributed by atoms with van der Waals surface area (Å²) in [4.78, 5) is 23.6. The fraction of sp³-hybridized carbons (Fsp3) is 0.261. The van der Waals surface area contributed by atoms with Crippen molar-refractivity contribution in [2.45, 2.75) is 30.8 Å². The average Bonchev–Trinajstić information content (AvgIpc) is 2.75. The van der Waals surface area contributed by atoms with Crippen molar-refractivity contribution in [3.8, 4) is 0 Å². The van der Waals surface area contributed by atoms with E-state index in [1.165, 1.54) is 22.9 Å². The number of nitrogens with one attached hydrogen (secondary N) is 2. The van der Waals surface area contributed by atoms with Gasteiger partial charge >= 0.3 is 0 Å². The van der Waals surface area contributed by atoms with Gasteiger partial charge in [-0.15, -0.1) is 12.4 Å². The van der Waals surface area contributed by atoms with Gasteiger partial charge in [0.15, 0.2) is 0 Å². The Kier molecular flexibility index (Phi) is 6.80. The second kappa shape index (κ2) is 9.31. The predicted octanol–water partition coefficient (Wildman–Crippen LogP) is 6.04. The molecular weight excluding hydrogens is 501 g/mol. The van der Waals surface area contributed by atoms with E-state index >= 15 is 0 Å². The van der Waals surface area contributed by atoms with Crippen molar-refractivity contribution in [2.24, 2.45) is 0 Å². The van der Waals surface area contributed by atoms with E-state index in [0.29, 0.717) is 38.1 Å². The first-order chi connectivity index (χ1) is 15.3. The number of rotatable bonds is 3. The molecule has 6 nitrogen and oxygen atoms in total. The zero-order valence-corrected chi connectivity index (χ0v) is 21.1. The molecule has 0 saturated heterocycles. The van der Waals surface area contributed by atoms with Gasteiger partial charge in [-0.25, -0.2) is 9.97 Å². The maximum Gasteiger partial charge on any atom is 0.263 e. The molecule has 2 aliphatic rings. The van der Waals surface area contributed by atoms with Crippen LogP contribution in [0.3, 0.4) is 0 Å². The largest absolute Gasteiger partial charge is 0.324 e. The molecule has 2 aliphatic heterocycles. The fourth-order valence-corrected chi connectivity index (χ4v) is 5.68. The Morgan fingerprint density at radius 1 is 1.18 bits per heavy atom. The van der Waals surface area contributed by atoms with E-state index in [9.17, 15) is 4.79 Å². The number of fused-ring (bicyclic) bond motifs is 2. The lowest BCUT2D eigenvalue weighted by Crippen LogP contribution is -2.38. The molecule has 0 spiro atoms. The Labute approximate surface area is 212 Å². The molecule has 2 aromatic carbocycles. The summed E-state index contributed by atoms with van der Waals surface area (Å²) in [6.07, 6.45) is 1.56. The van der Waals surface area contributed by atoms with Crippen LogP contribution in [0.1, 0.15) is 35.3 Å². The second-order valence-corrected chi connectivity index (χ2v) is 10.2. The topological polar surface area (TPSA) is 70.2 Å². The summed E-state index contributed by atoms with van der Waals surface area (Å²) >= 11 is 14.1. The van der Waals surface area contributed by atoms with Crippen LogP contribution >= 0.6 is 47.4 Å². The summed E-state index contributed by atoms with van der Waals surface area (Å²) in [6.45, 7) is 6.28. The van der Waals surface area contributed by atoms with Crippen LogP contribution in [0.5, 0.6) is 0 Å². The van der Waals surface area contributed by atoms with E-state index in [4.69, 9.17) is 23.2 Å². The van der Waals surface area contributed by atoms with Crippen LogP contribution in [-0.2, 0) is 12.0 Å². The van der Waals surface area contributed by atoms with Gasteiger partial charge in [-0.1, -0.05) is 60.9 Å². The summed E-state index contributed by atoms with van der Waals surface area (Å²) in [5.41, 5.74) is 4.57. The van der Waals surface area contributed by atoms with Crippen LogP contribution in [0, 0.1) is 0 Å². The van der Waals surface area contributed by atoms with Gasteiger partial charge in [0.05, 0.1) is 27.2 Å². The van der Waals surface area contributed by atoms with E-state index in [1.54, 1.807) is 29.3 Å². The van der Waals surface area contributed by atoms with Crippen LogP contribution in [0.2, 0.25) is 10.0 Å². The molecule has 3 aromatic rings. The van der Waals surface area contributed by atoms with Gasteiger partial charge in [0, 0.05) is 30.4 Å². The quantitative estimate of drug-likeness (QED) is 0.409. The molecule has 3 heterocycles. The normalized spacial score (nSPS) is 16.5. The zero-order valence-electron chi connectivity index (χ0n) is 18.0. The van der Waals surface area contributed by atoms with Crippen LogP contribution in [-0.4, -0.2) is 28.3 Å². The Hall–Kier alpha value is -2.03. The van der Waals surface area contributed by atoms with Crippen molar-refractivity contribution < 1.29 is 4.79 Å². The molecule has 0 saturated carbocycles. The standard InChI is InChI=1S/C23H21Cl2N5OS.ClH/c1-23(2)11-26-9-13-8-14(6-7-16(13)23)28-22-27-10-15-20(29-22)32-12-30(21(15)31)19-17(24)4-3-5-18(19)25;/h3-8,10,26H,9,11-12H2,1-2H3,(H,27,28,29);1H. The predicted molar refractivity (Wildman–Crippen MR) is 138 cm³/mol. The minimum absolute atomic E-state index is 0. The maximum atomic E-state index is 13.1. The highest BCUT2D eigenvalue weighted by molar-refractivity contribution is 7.99.